The predicted molar refractivity (Wildman–Crippen MR) is 66.5 cm³/mol. The average molecular weight is 201 g/mol. The monoisotopic (exact) mass is 201 g/mol. The highest BCUT2D eigenvalue weighted by Crippen LogP contribution is 2.37. The Morgan fingerprint density at radius 1 is 1.27 bits per heavy atom. The number of hydrogen-bond acceptors (Lipinski definition) is 1. The standard InChI is InChI=1S/C14H19N/c1-14(2)8-4-6-12(10-14)11-5-3-7-13(15)9-11/h3,5,7,9-10H,4,6,8,15H2,1-2H3. The minimum absolute atomic E-state index is 0.345. The topological polar surface area (TPSA) is 26.0 Å². The van der Waals surface area contributed by atoms with Crippen molar-refractivity contribution in [3.05, 3.63) is 35.9 Å². The number of nitrogens with two attached hydrogens (primary N) is 1. The zero-order chi connectivity index (χ0) is 10.9. The molecule has 15 heavy (non-hydrogen) atoms. The zero-order valence-electron chi connectivity index (χ0n) is 9.59. The van der Waals surface area contributed by atoms with Gasteiger partial charge in [0.15, 0.2) is 0 Å². The van der Waals surface area contributed by atoms with Crippen LogP contribution in [0.3, 0.4) is 0 Å². The summed E-state index contributed by atoms with van der Waals surface area (Å²) in [6.07, 6.45) is 6.17. The second-order valence-electron chi connectivity index (χ2n) is 5.14. The summed E-state index contributed by atoms with van der Waals surface area (Å²) in [4.78, 5) is 0. The normalized spacial score (nSPS) is 19.7. The Bertz CT molecular complexity index is 388. The molecule has 0 fully saturated rings. The summed E-state index contributed by atoms with van der Waals surface area (Å²) in [7, 11) is 0. The lowest BCUT2D eigenvalue weighted by atomic mass is 9.78. The van der Waals surface area contributed by atoms with Gasteiger partial charge in [-0.15, -0.1) is 0 Å². The lowest BCUT2D eigenvalue weighted by Crippen LogP contribution is -2.12. The van der Waals surface area contributed by atoms with Gasteiger partial charge in [0.05, 0.1) is 0 Å². The van der Waals surface area contributed by atoms with Crippen LogP contribution in [0.5, 0.6) is 0 Å². The van der Waals surface area contributed by atoms with Crippen LogP contribution >= 0.6 is 0 Å². The SMILES string of the molecule is CC1(C)C=C(c2cccc(N)c2)CCC1. The molecule has 0 spiro atoms. The van der Waals surface area contributed by atoms with E-state index in [4.69, 9.17) is 5.73 Å². The first-order valence-corrected chi connectivity index (χ1v) is 5.64. The summed E-state index contributed by atoms with van der Waals surface area (Å²) in [5.41, 5.74) is 9.76. The van der Waals surface area contributed by atoms with E-state index < -0.39 is 0 Å². The van der Waals surface area contributed by atoms with Crippen LogP contribution < -0.4 is 5.73 Å². The molecule has 0 saturated carbocycles. The van der Waals surface area contributed by atoms with Gasteiger partial charge in [0.25, 0.3) is 0 Å². The third-order valence-electron chi connectivity index (χ3n) is 3.09. The lowest BCUT2D eigenvalue weighted by Gasteiger charge is -2.27. The molecule has 1 heteroatoms. The fourth-order valence-electron chi connectivity index (χ4n) is 2.32. The summed E-state index contributed by atoms with van der Waals surface area (Å²) in [5, 5.41) is 0. The molecule has 0 saturated heterocycles. The maximum atomic E-state index is 5.81. The Morgan fingerprint density at radius 3 is 2.73 bits per heavy atom. The molecule has 0 radical (unpaired) electrons. The van der Waals surface area contributed by atoms with Gasteiger partial charge in [-0.3, -0.25) is 0 Å². The van der Waals surface area contributed by atoms with Crippen molar-refractivity contribution >= 4 is 11.3 Å². The Balaban J connectivity index is 2.35. The average Bonchev–Trinajstić information content (AvgIpc) is 2.16. The zero-order valence-corrected chi connectivity index (χ0v) is 9.59. The third-order valence-corrected chi connectivity index (χ3v) is 3.09. The molecule has 0 atom stereocenters. The van der Waals surface area contributed by atoms with Crippen molar-refractivity contribution in [3.8, 4) is 0 Å². The van der Waals surface area contributed by atoms with Gasteiger partial charge >= 0.3 is 0 Å². The molecule has 2 rings (SSSR count). The summed E-state index contributed by atoms with van der Waals surface area (Å²) in [5.74, 6) is 0. The fourth-order valence-corrected chi connectivity index (χ4v) is 2.32. The molecule has 0 aromatic heterocycles. The van der Waals surface area contributed by atoms with Crippen molar-refractivity contribution in [3.63, 3.8) is 0 Å². The van der Waals surface area contributed by atoms with E-state index >= 15 is 0 Å². The minimum Gasteiger partial charge on any atom is -0.399 e. The van der Waals surface area contributed by atoms with Crippen LogP contribution in [0.2, 0.25) is 0 Å². The van der Waals surface area contributed by atoms with Crippen molar-refractivity contribution in [2.75, 3.05) is 5.73 Å². The maximum Gasteiger partial charge on any atom is 0.0320 e. The van der Waals surface area contributed by atoms with Crippen molar-refractivity contribution in [2.45, 2.75) is 33.1 Å². The summed E-state index contributed by atoms with van der Waals surface area (Å²) in [6, 6.07) is 8.21. The smallest absolute Gasteiger partial charge is 0.0320 e. The van der Waals surface area contributed by atoms with E-state index in [1.165, 1.54) is 30.4 Å². The molecule has 80 valence electrons. The van der Waals surface area contributed by atoms with E-state index in [0.29, 0.717) is 5.41 Å². The number of benzene rings is 1. The van der Waals surface area contributed by atoms with Gasteiger partial charge in [-0.1, -0.05) is 32.1 Å². The lowest BCUT2D eigenvalue weighted by molar-refractivity contribution is 0.411. The molecule has 0 bridgehead atoms. The predicted octanol–water partition coefficient (Wildman–Crippen LogP) is 3.86. The largest absolute Gasteiger partial charge is 0.399 e. The Labute approximate surface area is 92.0 Å². The van der Waals surface area contributed by atoms with Gasteiger partial charge in [0.2, 0.25) is 0 Å². The van der Waals surface area contributed by atoms with Crippen LogP contribution in [0.25, 0.3) is 5.57 Å². The maximum absolute atomic E-state index is 5.81. The number of nitrogen functional groups attached to an aromatic ring is 1. The molecule has 2 N–H and O–H groups in total. The molecule has 1 nitrogen and oxygen atoms in total. The van der Waals surface area contributed by atoms with E-state index in [-0.39, 0.29) is 0 Å². The van der Waals surface area contributed by atoms with Crippen LogP contribution in [0, 0.1) is 5.41 Å². The first-order chi connectivity index (χ1) is 7.07. The van der Waals surface area contributed by atoms with Crippen molar-refractivity contribution in [1.82, 2.24) is 0 Å². The van der Waals surface area contributed by atoms with Gasteiger partial charge < -0.3 is 5.73 Å². The molecule has 1 aliphatic rings. The second-order valence-corrected chi connectivity index (χ2v) is 5.14. The van der Waals surface area contributed by atoms with Crippen molar-refractivity contribution in [1.29, 1.82) is 0 Å². The molecular formula is C14H19N. The van der Waals surface area contributed by atoms with Crippen LogP contribution in [-0.2, 0) is 0 Å². The first kappa shape index (κ1) is 10.3. The first-order valence-electron chi connectivity index (χ1n) is 5.64. The molecule has 0 heterocycles. The third kappa shape index (κ3) is 2.41. The van der Waals surface area contributed by atoms with E-state index in [1.807, 2.05) is 12.1 Å². The molecule has 0 aliphatic heterocycles. The van der Waals surface area contributed by atoms with Gasteiger partial charge in [0, 0.05) is 5.69 Å². The second kappa shape index (κ2) is 3.73. The Hall–Kier alpha value is -1.24. The summed E-state index contributed by atoms with van der Waals surface area (Å²) < 4.78 is 0. The molecule has 0 unspecified atom stereocenters. The van der Waals surface area contributed by atoms with E-state index in [2.05, 4.69) is 32.1 Å². The highest BCUT2D eigenvalue weighted by molar-refractivity contribution is 5.69. The molecular weight excluding hydrogens is 182 g/mol. The van der Waals surface area contributed by atoms with Crippen LogP contribution in [0.15, 0.2) is 30.3 Å². The van der Waals surface area contributed by atoms with E-state index in [9.17, 15) is 0 Å². The fraction of sp³-hybridized carbons (Fsp3) is 0.429. The summed E-state index contributed by atoms with van der Waals surface area (Å²) >= 11 is 0. The Kier molecular flexibility index (Phi) is 2.56. The van der Waals surface area contributed by atoms with Crippen molar-refractivity contribution < 1.29 is 0 Å². The van der Waals surface area contributed by atoms with E-state index in [1.54, 1.807) is 0 Å². The van der Waals surface area contributed by atoms with Crippen LogP contribution in [0.4, 0.5) is 5.69 Å². The minimum atomic E-state index is 0.345. The quantitative estimate of drug-likeness (QED) is 0.686. The van der Waals surface area contributed by atoms with Crippen LogP contribution in [0.1, 0.15) is 38.7 Å². The molecule has 1 aliphatic carbocycles. The number of allylic oxidation sites excluding steroid dienone is 2. The van der Waals surface area contributed by atoms with Gasteiger partial charge in [-0.2, -0.15) is 0 Å². The Morgan fingerprint density at radius 2 is 2.07 bits per heavy atom. The highest BCUT2D eigenvalue weighted by atomic mass is 14.5. The number of rotatable bonds is 1. The number of anilines is 1. The van der Waals surface area contributed by atoms with Gasteiger partial charge in [-0.25, -0.2) is 0 Å². The van der Waals surface area contributed by atoms with E-state index in [0.717, 1.165) is 5.69 Å². The van der Waals surface area contributed by atoms with Gasteiger partial charge in [0.1, 0.15) is 0 Å². The molecule has 0 amide bonds. The molecule has 1 aromatic rings. The van der Waals surface area contributed by atoms with Crippen LogP contribution in [-0.4, -0.2) is 0 Å². The molecule has 1 aromatic carbocycles. The van der Waals surface area contributed by atoms with Gasteiger partial charge in [-0.05, 0) is 47.9 Å². The van der Waals surface area contributed by atoms with Crippen molar-refractivity contribution in [2.24, 2.45) is 5.41 Å². The highest BCUT2D eigenvalue weighted by Gasteiger charge is 2.20. The number of hydrogen-bond donors (Lipinski definition) is 1. The summed E-state index contributed by atoms with van der Waals surface area (Å²) in [6.45, 7) is 4.61.